The molecular weight excluding hydrogens is 322 g/mol. The van der Waals surface area contributed by atoms with E-state index in [0.717, 1.165) is 27.2 Å². The zero-order valence-electron chi connectivity index (χ0n) is 13.2. The molecule has 0 amide bonds. The van der Waals surface area contributed by atoms with E-state index in [9.17, 15) is 4.79 Å². The molecule has 24 heavy (non-hydrogen) atoms. The Morgan fingerprint density at radius 2 is 2.17 bits per heavy atom. The maximum Gasteiger partial charge on any atom is 0.348 e. The number of ether oxygens (including phenoxy) is 1. The second-order valence-electron chi connectivity index (χ2n) is 5.53. The lowest BCUT2D eigenvalue weighted by Gasteiger charge is -2.08. The van der Waals surface area contributed by atoms with Crippen LogP contribution < -0.4 is 0 Å². The van der Waals surface area contributed by atoms with Crippen molar-refractivity contribution in [1.29, 1.82) is 0 Å². The zero-order chi connectivity index (χ0) is 16.7. The summed E-state index contributed by atoms with van der Waals surface area (Å²) in [6, 6.07) is 10.2. The molecule has 0 atom stereocenters. The van der Waals surface area contributed by atoms with E-state index in [1.54, 1.807) is 12.5 Å². The fourth-order valence-electron chi connectivity index (χ4n) is 2.79. The Labute approximate surface area is 142 Å². The molecule has 0 aliphatic heterocycles. The van der Waals surface area contributed by atoms with Crippen molar-refractivity contribution in [3.05, 3.63) is 59.5 Å². The molecule has 0 bridgehead atoms. The van der Waals surface area contributed by atoms with Crippen LogP contribution in [-0.2, 0) is 4.74 Å². The van der Waals surface area contributed by atoms with Crippen molar-refractivity contribution < 1.29 is 9.53 Å². The minimum absolute atomic E-state index is 0.299. The highest BCUT2D eigenvalue weighted by Crippen LogP contribution is 2.32. The summed E-state index contributed by atoms with van der Waals surface area (Å²) >= 11 is 1.43. The van der Waals surface area contributed by atoms with Gasteiger partial charge in [-0.25, -0.2) is 9.78 Å². The van der Waals surface area contributed by atoms with Gasteiger partial charge in [-0.05, 0) is 36.8 Å². The van der Waals surface area contributed by atoms with Gasteiger partial charge in [0.25, 0.3) is 0 Å². The lowest BCUT2D eigenvalue weighted by molar-refractivity contribution is 0.0606. The normalized spacial score (nSPS) is 11.1. The predicted octanol–water partition coefficient (Wildman–Crippen LogP) is 4.18. The first-order chi connectivity index (χ1) is 11.7. The maximum absolute atomic E-state index is 11.6. The summed E-state index contributed by atoms with van der Waals surface area (Å²) in [7, 11) is 1.40. The van der Waals surface area contributed by atoms with Crippen molar-refractivity contribution in [3.8, 4) is 16.9 Å². The number of benzene rings is 1. The SMILES string of the molecule is COC(=O)c1cc2[nH]c(-c3ccc(-n4ccnc4)cc3C)cc2s1. The lowest BCUT2D eigenvalue weighted by atomic mass is 10.1. The van der Waals surface area contributed by atoms with E-state index < -0.39 is 0 Å². The summed E-state index contributed by atoms with van der Waals surface area (Å²) in [5.41, 5.74) is 5.39. The summed E-state index contributed by atoms with van der Waals surface area (Å²) < 4.78 is 7.79. The number of rotatable bonds is 3. The number of nitrogens with zero attached hydrogens (tertiary/aromatic N) is 2. The molecule has 0 aliphatic carbocycles. The van der Waals surface area contributed by atoms with E-state index in [4.69, 9.17) is 4.74 Å². The Bertz CT molecular complexity index is 997. The lowest BCUT2D eigenvalue weighted by Crippen LogP contribution is -1.96. The summed E-state index contributed by atoms with van der Waals surface area (Å²) in [5.74, 6) is -0.299. The highest BCUT2D eigenvalue weighted by Gasteiger charge is 2.14. The van der Waals surface area contributed by atoms with E-state index in [0.29, 0.717) is 4.88 Å². The number of thiophene rings is 1. The summed E-state index contributed by atoms with van der Waals surface area (Å²) in [4.78, 5) is 19.7. The van der Waals surface area contributed by atoms with E-state index >= 15 is 0 Å². The molecule has 1 N–H and O–H groups in total. The van der Waals surface area contributed by atoms with Gasteiger partial charge in [-0.1, -0.05) is 6.07 Å². The van der Waals surface area contributed by atoms with Crippen molar-refractivity contribution in [2.24, 2.45) is 0 Å². The number of carbonyl (C=O) groups is 1. The molecule has 0 saturated heterocycles. The van der Waals surface area contributed by atoms with Gasteiger partial charge in [0.05, 0.1) is 23.7 Å². The third-order valence-electron chi connectivity index (χ3n) is 3.99. The molecule has 3 heterocycles. The van der Waals surface area contributed by atoms with Gasteiger partial charge in [-0.2, -0.15) is 0 Å². The fourth-order valence-corrected chi connectivity index (χ4v) is 3.77. The Balaban J connectivity index is 1.72. The number of aromatic amines is 1. The number of aryl methyl sites for hydroxylation is 1. The van der Waals surface area contributed by atoms with Gasteiger partial charge in [0.1, 0.15) is 4.88 Å². The Morgan fingerprint density at radius 3 is 2.83 bits per heavy atom. The highest BCUT2D eigenvalue weighted by atomic mass is 32.1. The first-order valence-corrected chi connectivity index (χ1v) is 8.27. The van der Waals surface area contributed by atoms with Gasteiger partial charge in [0.15, 0.2) is 0 Å². The van der Waals surface area contributed by atoms with E-state index in [-0.39, 0.29) is 5.97 Å². The van der Waals surface area contributed by atoms with Crippen LogP contribution >= 0.6 is 11.3 Å². The molecule has 0 saturated carbocycles. The number of fused-ring (bicyclic) bond motifs is 1. The summed E-state index contributed by atoms with van der Waals surface area (Å²) in [6.45, 7) is 2.09. The number of esters is 1. The van der Waals surface area contributed by atoms with Gasteiger partial charge in [0, 0.05) is 29.3 Å². The van der Waals surface area contributed by atoms with Crippen LogP contribution in [0.2, 0.25) is 0 Å². The number of H-pyrrole nitrogens is 1. The van der Waals surface area contributed by atoms with Crippen LogP contribution in [-0.4, -0.2) is 27.6 Å². The first kappa shape index (κ1) is 14.7. The van der Waals surface area contributed by atoms with Crippen LogP contribution in [0.15, 0.2) is 49.1 Å². The smallest absolute Gasteiger partial charge is 0.348 e. The standard InChI is InChI=1S/C18H15N3O2S/c1-11-7-12(21-6-5-19-10-21)3-4-13(11)14-8-16-15(20-14)9-17(24-16)18(22)23-2/h3-10,20H,1-2H3. The molecule has 4 aromatic rings. The third-order valence-corrected chi connectivity index (χ3v) is 5.06. The number of hydrogen-bond donors (Lipinski definition) is 1. The Kier molecular flexibility index (Phi) is 3.46. The van der Waals surface area contributed by atoms with E-state index in [1.165, 1.54) is 24.0 Å². The number of carbonyl (C=O) groups excluding carboxylic acids is 1. The maximum atomic E-state index is 11.6. The van der Waals surface area contributed by atoms with Crippen molar-refractivity contribution in [1.82, 2.24) is 14.5 Å². The Morgan fingerprint density at radius 1 is 1.29 bits per heavy atom. The number of hydrogen-bond acceptors (Lipinski definition) is 4. The average Bonchev–Trinajstić information content (AvgIpc) is 3.29. The number of aromatic nitrogens is 3. The van der Waals surface area contributed by atoms with Crippen LogP contribution in [0, 0.1) is 6.92 Å². The van der Waals surface area contributed by atoms with E-state index in [1.807, 2.05) is 16.8 Å². The number of nitrogens with one attached hydrogen (secondary N) is 1. The van der Waals surface area contributed by atoms with Gasteiger partial charge in [-0.3, -0.25) is 0 Å². The molecule has 0 aliphatic rings. The topological polar surface area (TPSA) is 59.9 Å². The van der Waals surface area contributed by atoms with Gasteiger partial charge in [-0.15, -0.1) is 11.3 Å². The third kappa shape index (κ3) is 2.41. The molecule has 3 aromatic heterocycles. The van der Waals surface area contributed by atoms with Crippen LogP contribution in [0.25, 0.3) is 27.2 Å². The summed E-state index contributed by atoms with van der Waals surface area (Å²) in [6.07, 6.45) is 5.47. The van der Waals surface area contributed by atoms with Gasteiger partial charge >= 0.3 is 5.97 Å². The minimum atomic E-state index is -0.299. The zero-order valence-corrected chi connectivity index (χ0v) is 14.1. The Hall–Kier alpha value is -2.86. The quantitative estimate of drug-likeness (QED) is 0.571. The van der Waals surface area contributed by atoms with Crippen LogP contribution in [0.1, 0.15) is 15.2 Å². The molecule has 0 spiro atoms. The molecule has 0 radical (unpaired) electrons. The van der Waals surface area contributed by atoms with Crippen LogP contribution in [0.5, 0.6) is 0 Å². The van der Waals surface area contributed by atoms with Crippen LogP contribution in [0.4, 0.5) is 0 Å². The molecule has 0 fully saturated rings. The van der Waals surface area contributed by atoms with Crippen molar-refractivity contribution in [3.63, 3.8) is 0 Å². The molecule has 6 heteroatoms. The second kappa shape index (κ2) is 5.65. The molecular formula is C18H15N3O2S. The van der Waals surface area contributed by atoms with Crippen molar-refractivity contribution in [2.45, 2.75) is 6.92 Å². The largest absolute Gasteiger partial charge is 0.465 e. The monoisotopic (exact) mass is 337 g/mol. The molecule has 120 valence electrons. The first-order valence-electron chi connectivity index (χ1n) is 7.46. The second-order valence-corrected chi connectivity index (χ2v) is 6.62. The molecule has 0 unspecified atom stereocenters. The van der Waals surface area contributed by atoms with Crippen molar-refractivity contribution >= 4 is 27.5 Å². The van der Waals surface area contributed by atoms with E-state index in [2.05, 4.69) is 41.2 Å². The fraction of sp³-hybridized carbons (Fsp3) is 0.111. The molecule has 1 aromatic carbocycles. The average molecular weight is 337 g/mol. The molecule has 5 nitrogen and oxygen atoms in total. The minimum Gasteiger partial charge on any atom is -0.465 e. The molecule has 4 rings (SSSR count). The number of methoxy groups -OCH3 is 1. The predicted molar refractivity (Wildman–Crippen MR) is 94.8 cm³/mol. The van der Waals surface area contributed by atoms with Gasteiger partial charge < -0.3 is 14.3 Å². The van der Waals surface area contributed by atoms with Gasteiger partial charge in [0.2, 0.25) is 0 Å². The van der Waals surface area contributed by atoms with Crippen molar-refractivity contribution in [2.75, 3.05) is 7.11 Å². The highest BCUT2D eigenvalue weighted by molar-refractivity contribution is 7.20. The van der Waals surface area contributed by atoms with Crippen LogP contribution in [0.3, 0.4) is 0 Å². The summed E-state index contributed by atoms with van der Waals surface area (Å²) in [5, 5.41) is 0. The number of imidazole rings is 1.